The molecule has 0 saturated carbocycles. The molecule has 24 heavy (non-hydrogen) atoms. The van der Waals surface area contributed by atoms with Crippen LogP contribution in [0, 0.1) is 11.2 Å². The normalized spacial score (nSPS) is 14.1. The van der Waals surface area contributed by atoms with Crippen molar-refractivity contribution in [2.75, 3.05) is 23.3 Å². The first-order valence-corrected chi connectivity index (χ1v) is 7.87. The van der Waals surface area contributed by atoms with Crippen molar-refractivity contribution in [1.82, 2.24) is 4.98 Å². The Kier molecular flexibility index (Phi) is 4.66. The topological polar surface area (TPSA) is 89.2 Å². The van der Waals surface area contributed by atoms with Crippen molar-refractivity contribution in [3.63, 3.8) is 0 Å². The highest BCUT2D eigenvalue weighted by atomic mass is 16.3. The molecule has 3 rings (SSSR count). The maximum absolute atomic E-state index is 12.2. The SMILES string of the molecule is N#CB1CCN(c2ccc(C(=O)Nc3ccc(O)cc3)cn2)CC1. The first-order valence-electron chi connectivity index (χ1n) is 7.87. The molecule has 1 aliphatic rings. The van der Waals surface area contributed by atoms with Gasteiger partial charge in [-0.1, -0.05) is 0 Å². The average Bonchev–Trinajstić information content (AvgIpc) is 2.64. The van der Waals surface area contributed by atoms with Crippen LogP contribution in [0.3, 0.4) is 0 Å². The number of rotatable bonds is 3. The molecule has 120 valence electrons. The molecule has 2 N–H and O–H groups in total. The van der Waals surface area contributed by atoms with Crippen LogP contribution >= 0.6 is 0 Å². The molecule has 0 atom stereocenters. The second-order valence-corrected chi connectivity index (χ2v) is 5.80. The minimum absolute atomic E-state index is 0.136. The van der Waals surface area contributed by atoms with Crippen LogP contribution in [0.1, 0.15) is 10.4 Å². The van der Waals surface area contributed by atoms with E-state index >= 15 is 0 Å². The van der Waals surface area contributed by atoms with Gasteiger partial charge in [0.1, 0.15) is 11.6 Å². The van der Waals surface area contributed by atoms with E-state index in [4.69, 9.17) is 5.26 Å². The quantitative estimate of drug-likeness (QED) is 0.670. The van der Waals surface area contributed by atoms with Gasteiger partial charge in [-0.25, -0.2) is 10.2 Å². The van der Waals surface area contributed by atoms with Crippen molar-refractivity contribution in [2.45, 2.75) is 12.6 Å². The van der Waals surface area contributed by atoms with Gasteiger partial charge in [0.05, 0.1) is 5.56 Å². The number of carbonyl (C=O) groups excluding carboxylic acids is 1. The van der Waals surface area contributed by atoms with Gasteiger partial charge in [-0.15, -0.1) is 0 Å². The van der Waals surface area contributed by atoms with E-state index < -0.39 is 0 Å². The molecule has 1 saturated heterocycles. The molecule has 7 heteroatoms. The zero-order valence-electron chi connectivity index (χ0n) is 13.1. The number of aromatic hydroxyl groups is 1. The Bertz CT molecular complexity index is 748. The molecular weight excluding hydrogens is 303 g/mol. The van der Waals surface area contributed by atoms with Crippen LogP contribution in [0.4, 0.5) is 11.5 Å². The van der Waals surface area contributed by atoms with Gasteiger partial charge < -0.3 is 15.3 Å². The van der Waals surface area contributed by atoms with Crippen molar-refractivity contribution >= 4 is 24.1 Å². The summed E-state index contributed by atoms with van der Waals surface area (Å²) in [6.07, 6.45) is 3.25. The molecule has 1 aromatic carbocycles. The third-order valence-corrected chi connectivity index (χ3v) is 4.14. The molecule has 1 amide bonds. The molecule has 2 heterocycles. The Balaban J connectivity index is 1.63. The molecule has 2 aromatic rings. The zero-order valence-corrected chi connectivity index (χ0v) is 13.1. The fourth-order valence-electron chi connectivity index (χ4n) is 2.69. The van der Waals surface area contributed by atoms with Crippen LogP contribution in [0.25, 0.3) is 0 Å². The summed E-state index contributed by atoms with van der Waals surface area (Å²) in [5, 5.41) is 20.9. The summed E-state index contributed by atoms with van der Waals surface area (Å²) < 4.78 is 0. The second kappa shape index (κ2) is 7.05. The summed E-state index contributed by atoms with van der Waals surface area (Å²) >= 11 is 0. The minimum Gasteiger partial charge on any atom is -0.508 e. The number of nitrogens with one attached hydrogen (secondary N) is 1. The predicted octanol–water partition coefficient (Wildman–Crippen LogP) is 2.42. The number of pyridine rings is 1. The standard InChI is InChI=1S/C17H17BN4O2/c19-12-18-7-9-22(10-8-18)16-6-1-13(11-20-16)17(24)21-14-2-4-15(23)5-3-14/h1-6,11,23H,7-10H2,(H,21,24). The average molecular weight is 320 g/mol. The Morgan fingerprint density at radius 2 is 1.92 bits per heavy atom. The first kappa shape index (κ1) is 15.9. The lowest BCUT2D eigenvalue weighted by Gasteiger charge is -2.28. The number of carbonyl (C=O) groups is 1. The van der Waals surface area contributed by atoms with Crippen LogP contribution in [-0.4, -0.2) is 35.8 Å². The molecular formula is C17H17BN4O2. The molecule has 0 aliphatic carbocycles. The number of phenolic OH excluding ortho intramolecular Hbond substituents is 1. The highest BCUT2D eigenvalue weighted by Crippen LogP contribution is 2.19. The maximum atomic E-state index is 12.2. The predicted molar refractivity (Wildman–Crippen MR) is 93.5 cm³/mol. The van der Waals surface area contributed by atoms with Gasteiger partial charge >= 0.3 is 0 Å². The van der Waals surface area contributed by atoms with Gasteiger partial charge in [0, 0.05) is 30.9 Å². The van der Waals surface area contributed by atoms with Gasteiger partial charge in [-0.05, 0) is 49.0 Å². The number of benzene rings is 1. The van der Waals surface area contributed by atoms with E-state index in [0.717, 1.165) is 31.5 Å². The summed E-state index contributed by atoms with van der Waals surface area (Å²) in [6, 6.07) is 9.87. The number of hydrogen-bond acceptors (Lipinski definition) is 5. The Morgan fingerprint density at radius 1 is 1.21 bits per heavy atom. The van der Waals surface area contributed by atoms with E-state index in [-0.39, 0.29) is 18.4 Å². The molecule has 0 bridgehead atoms. The highest BCUT2D eigenvalue weighted by molar-refractivity contribution is 6.67. The Labute approximate surface area is 140 Å². The number of amides is 1. The van der Waals surface area contributed by atoms with Gasteiger partial charge in [0.15, 0.2) is 0 Å². The zero-order chi connectivity index (χ0) is 16.9. The van der Waals surface area contributed by atoms with Gasteiger partial charge in [-0.2, -0.15) is 0 Å². The molecule has 0 radical (unpaired) electrons. The van der Waals surface area contributed by atoms with E-state index in [0.29, 0.717) is 11.3 Å². The summed E-state index contributed by atoms with van der Waals surface area (Å²) in [7, 11) is 0. The van der Waals surface area contributed by atoms with E-state index in [1.807, 2.05) is 6.07 Å². The largest absolute Gasteiger partial charge is 0.508 e. The van der Waals surface area contributed by atoms with E-state index in [2.05, 4.69) is 21.2 Å². The molecule has 6 nitrogen and oxygen atoms in total. The summed E-state index contributed by atoms with van der Waals surface area (Å²) in [4.78, 5) is 18.7. The van der Waals surface area contributed by atoms with E-state index in [9.17, 15) is 9.90 Å². The third kappa shape index (κ3) is 3.66. The third-order valence-electron chi connectivity index (χ3n) is 4.14. The van der Waals surface area contributed by atoms with Gasteiger partial charge in [-0.3, -0.25) is 4.79 Å². The lowest BCUT2D eigenvalue weighted by atomic mass is 9.45. The van der Waals surface area contributed by atoms with Crippen LogP contribution < -0.4 is 10.2 Å². The highest BCUT2D eigenvalue weighted by Gasteiger charge is 2.23. The van der Waals surface area contributed by atoms with Gasteiger partial charge in [0.25, 0.3) is 12.6 Å². The number of phenols is 1. The Hall–Kier alpha value is -3.01. The summed E-state index contributed by atoms with van der Waals surface area (Å²) in [5.74, 6) is 3.04. The summed E-state index contributed by atoms with van der Waals surface area (Å²) in [6.45, 7) is 1.76. The van der Waals surface area contributed by atoms with Gasteiger partial charge in [0.2, 0.25) is 0 Å². The number of aromatic nitrogens is 1. The lowest BCUT2D eigenvalue weighted by Crippen LogP contribution is -2.37. The monoisotopic (exact) mass is 320 g/mol. The second-order valence-electron chi connectivity index (χ2n) is 5.80. The summed E-state index contributed by atoms with van der Waals surface area (Å²) in [5.41, 5.74) is 1.08. The molecule has 0 spiro atoms. The Morgan fingerprint density at radius 3 is 2.50 bits per heavy atom. The maximum Gasteiger partial charge on any atom is 0.271 e. The van der Waals surface area contributed by atoms with Crippen LogP contribution in [0.2, 0.25) is 12.6 Å². The van der Waals surface area contributed by atoms with Crippen LogP contribution in [0.5, 0.6) is 5.75 Å². The number of nitrogens with zero attached hydrogens (tertiary/aromatic N) is 3. The van der Waals surface area contributed by atoms with E-state index in [1.54, 1.807) is 24.4 Å². The van der Waals surface area contributed by atoms with Crippen molar-refractivity contribution in [3.8, 4) is 11.7 Å². The lowest BCUT2D eigenvalue weighted by molar-refractivity contribution is 0.102. The molecule has 0 unspecified atom stereocenters. The smallest absolute Gasteiger partial charge is 0.271 e. The fraction of sp³-hybridized carbons (Fsp3) is 0.235. The van der Waals surface area contributed by atoms with Crippen molar-refractivity contribution in [1.29, 1.82) is 5.26 Å². The number of anilines is 2. The number of hydrogen-bond donors (Lipinski definition) is 2. The fourth-order valence-corrected chi connectivity index (χ4v) is 2.69. The molecule has 1 fully saturated rings. The van der Waals surface area contributed by atoms with Crippen LogP contribution in [0.15, 0.2) is 42.6 Å². The van der Waals surface area contributed by atoms with Crippen molar-refractivity contribution in [3.05, 3.63) is 48.2 Å². The van der Waals surface area contributed by atoms with Crippen molar-refractivity contribution in [2.24, 2.45) is 0 Å². The van der Waals surface area contributed by atoms with Crippen molar-refractivity contribution < 1.29 is 9.90 Å². The minimum atomic E-state index is -0.247. The van der Waals surface area contributed by atoms with E-state index in [1.165, 1.54) is 12.1 Å². The molecule has 1 aromatic heterocycles. The van der Waals surface area contributed by atoms with Crippen LogP contribution in [-0.2, 0) is 0 Å². The number of nitriles is 1. The first-order chi connectivity index (χ1) is 11.7. The molecule has 1 aliphatic heterocycles.